The first-order chi connectivity index (χ1) is 6.15. The molecular weight excluding hydrogens is 182 g/mol. The number of carbonyl (C=O) groups excluding carboxylic acids is 1. The van der Waals surface area contributed by atoms with Crippen molar-refractivity contribution < 1.29 is 4.79 Å². The Kier molecular flexibility index (Phi) is 4.26. The van der Waals surface area contributed by atoms with Crippen molar-refractivity contribution in [2.75, 3.05) is 19.3 Å². The van der Waals surface area contributed by atoms with Crippen LogP contribution in [0.4, 0.5) is 0 Å². The van der Waals surface area contributed by atoms with Crippen LogP contribution in [0.25, 0.3) is 0 Å². The molecule has 1 fully saturated rings. The second-order valence-corrected chi connectivity index (χ2v) is 4.92. The van der Waals surface area contributed by atoms with Gasteiger partial charge in [0.2, 0.25) is 0 Å². The van der Waals surface area contributed by atoms with Gasteiger partial charge in [-0.3, -0.25) is 9.69 Å². The van der Waals surface area contributed by atoms with Crippen LogP contribution in [0.5, 0.6) is 0 Å². The molecule has 3 heteroatoms. The van der Waals surface area contributed by atoms with Crippen LogP contribution in [0, 0.1) is 0 Å². The van der Waals surface area contributed by atoms with Crippen molar-refractivity contribution >= 4 is 17.5 Å². The molecule has 0 bridgehead atoms. The molecule has 13 heavy (non-hydrogen) atoms. The molecule has 0 amide bonds. The number of piperidine rings is 1. The molecule has 0 aromatic heterocycles. The zero-order chi connectivity index (χ0) is 9.84. The van der Waals surface area contributed by atoms with E-state index in [0.29, 0.717) is 5.78 Å². The fourth-order valence-corrected chi connectivity index (χ4v) is 2.51. The lowest BCUT2D eigenvalue weighted by Gasteiger charge is -2.35. The number of rotatable bonds is 3. The van der Waals surface area contributed by atoms with Crippen molar-refractivity contribution in [1.29, 1.82) is 0 Å². The number of carbonyl (C=O) groups is 1. The summed E-state index contributed by atoms with van der Waals surface area (Å²) in [4.78, 5) is 13.5. The van der Waals surface area contributed by atoms with Crippen molar-refractivity contribution in [3.05, 3.63) is 0 Å². The summed E-state index contributed by atoms with van der Waals surface area (Å²) < 4.78 is 0. The van der Waals surface area contributed by atoms with E-state index in [4.69, 9.17) is 0 Å². The SMILES string of the molecule is CSC1CCCN(C(C)C(C)=O)C1. The molecule has 1 rings (SSSR count). The molecule has 0 aliphatic carbocycles. The fourth-order valence-electron chi connectivity index (χ4n) is 1.77. The first kappa shape index (κ1) is 11.1. The van der Waals surface area contributed by atoms with E-state index in [0.717, 1.165) is 18.3 Å². The van der Waals surface area contributed by atoms with Gasteiger partial charge in [-0.1, -0.05) is 0 Å². The van der Waals surface area contributed by atoms with Gasteiger partial charge in [0.1, 0.15) is 5.78 Å². The maximum atomic E-state index is 11.2. The highest BCUT2D eigenvalue weighted by molar-refractivity contribution is 7.99. The lowest BCUT2D eigenvalue weighted by molar-refractivity contribution is -0.121. The molecule has 0 spiro atoms. The highest BCUT2D eigenvalue weighted by Crippen LogP contribution is 2.21. The summed E-state index contributed by atoms with van der Waals surface area (Å²) in [5, 5.41) is 0.732. The molecular formula is C10H19NOS. The number of ketones is 1. The summed E-state index contributed by atoms with van der Waals surface area (Å²) in [5.41, 5.74) is 0. The Labute approximate surface area is 85.1 Å². The van der Waals surface area contributed by atoms with E-state index in [1.165, 1.54) is 12.8 Å². The minimum atomic E-state index is 0.120. The van der Waals surface area contributed by atoms with E-state index >= 15 is 0 Å². The monoisotopic (exact) mass is 201 g/mol. The maximum absolute atomic E-state index is 11.2. The summed E-state index contributed by atoms with van der Waals surface area (Å²) in [5.74, 6) is 0.293. The van der Waals surface area contributed by atoms with Crippen LogP contribution in [0.15, 0.2) is 0 Å². The molecule has 1 aliphatic rings. The average Bonchev–Trinajstić information content (AvgIpc) is 2.16. The third kappa shape index (κ3) is 2.99. The number of nitrogens with zero attached hydrogens (tertiary/aromatic N) is 1. The largest absolute Gasteiger partial charge is 0.298 e. The normalized spacial score (nSPS) is 27.2. The van der Waals surface area contributed by atoms with Crippen LogP contribution in [0.3, 0.4) is 0 Å². The standard InChI is InChI=1S/C10H19NOS/c1-8(9(2)12)11-6-4-5-10(7-11)13-3/h8,10H,4-7H2,1-3H3. The third-order valence-corrected chi connectivity index (χ3v) is 3.93. The predicted octanol–water partition coefficient (Wildman–Crippen LogP) is 1.79. The topological polar surface area (TPSA) is 20.3 Å². The number of Topliss-reactive ketones (excluding diaryl/α,β-unsaturated/α-hetero) is 1. The van der Waals surface area contributed by atoms with Crippen molar-refractivity contribution in [3.8, 4) is 0 Å². The molecule has 2 unspecified atom stereocenters. The van der Waals surface area contributed by atoms with Crippen molar-refractivity contribution in [2.45, 2.75) is 38.0 Å². The minimum absolute atomic E-state index is 0.120. The van der Waals surface area contributed by atoms with Crippen LogP contribution >= 0.6 is 11.8 Å². The fraction of sp³-hybridized carbons (Fsp3) is 0.900. The second kappa shape index (κ2) is 5.01. The van der Waals surface area contributed by atoms with Gasteiger partial charge < -0.3 is 0 Å². The smallest absolute Gasteiger partial charge is 0.146 e. The van der Waals surface area contributed by atoms with Crippen LogP contribution in [-0.2, 0) is 4.79 Å². The average molecular weight is 201 g/mol. The summed E-state index contributed by atoms with van der Waals surface area (Å²) in [6, 6.07) is 0.120. The Morgan fingerprint density at radius 3 is 2.85 bits per heavy atom. The van der Waals surface area contributed by atoms with E-state index in [9.17, 15) is 4.79 Å². The summed E-state index contributed by atoms with van der Waals surface area (Å²) >= 11 is 1.93. The van der Waals surface area contributed by atoms with Crippen LogP contribution in [-0.4, -0.2) is 41.3 Å². The van der Waals surface area contributed by atoms with Crippen LogP contribution in [0.1, 0.15) is 26.7 Å². The lowest BCUT2D eigenvalue weighted by Crippen LogP contribution is -2.45. The first-order valence-corrected chi connectivity index (χ1v) is 6.21. The molecule has 2 nitrogen and oxygen atoms in total. The van der Waals surface area contributed by atoms with E-state index in [2.05, 4.69) is 11.2 Å². The highest BCUT2D eigenvalue weighted by atomic mass is 32.2. The van der Waals surface area contributed by atoms with E-state index in [1.54, 1.807) is 6.92 Å². The van der Waals surface area contributed by atoms with Gasteiger partial charge in [-0.15, -0.1) is 0 Å². The Balaban J connectivity index is 2.46. The van der Waals surface area contributed by atoms with Gasteiger partial charge in [-0.25, -0.2) is 0 Å². The van der Waals surface area contributed by atoms with Gasteiger partial charge in [0, 0.05) is 11.8 Å². The number of likely N-dealkylation sites (tertiary alicyclic amines) is 1. The molecule has 0 radical (unpaired) electrons. The van der Waals surface area contributed by atoms with Gasteiger partial charge in [-0.05, 0) is 39.5 Å². The van der Waals surface area contributed by atoms with Crippen LogP contribution < -0.4 is 0 Å². The van der Waals surface area contributed by atoms with Crippen molar-refractivity contribution in [1.82, 2.24) is 4.90 Å². The first-order valence-electron chi connectivity index (χ1n) is 4.92. The lowest BCUT2D eigenvalue weighted by atomic mass is 10.1. The van der Waals surface area contributed by atoms with Crippen molar-refractivity contribution in [3.63, 3.8) is 0 Å². The molecule has 2 atom stereocenters. The van der Waals surface area contributed by atoms with Gasteiger partial charge in [0.25, 0.3) is 0 Å². The highest BCUT2D eigenvalue weighted by Gasteiger charge is 2.24. The quantitative estimate of drug-likeness (QED) is 0.694. The molecule has 0 saturated carbocycles. The van der Waals surface area contributed by atoms with Gasteiger partial charge in [0.15, 0.2) is 0 Å². The van der Waals surface area contributed by atoms with Gasteiger partial charge >= 0.3 is 0 Å². The summed E-state index contributed by atoms with van der Waals surface area (Å²) in [7, 11) is 0. The number of hydrogen-bond acceptors (Lipinski definition) is 3. The number of thioether (sulfide) groups is 1. The molecule has 0 aromatic rings. The van der Waals surface area contributed by atoms with E-state index < -0.39 is 0 Å². The molecule has 76 valence electrons. The zero-order valence-electron chi connectivity index (χ0n) is 8.75. The van der Waals surface area contributed by atoms with E-state index in [-0.39, 0.29) is 6.04 Å². The Bertz CT molecular complexity index is 184. The van der Waals surface area contributed by atoms with E-state index in [1.807, 2.05) is 18.7 Å². The molecule has 0 N–H and O–H groups in total. The molecule has 1 aliphatic heterocycles. The third-order valence-electron chi connectivity index (χ3n) is 2.88. The molecule has 0 aromatic carbocycles. The van der Waals surface area contributed by atoms with Crippen molar-refractivity contribution in [2.24, 2.45) is 0 Å². The Morgan fingerprint density at radius 1 is 1.62 bits per heavy atom. The number of hydrogen-bond donors (Lipinski definition) is 0. The molecule has 1 heterocycles. The Morgan fingerprint density at radius 2 is 2.31 bits per heavy atom. The summed E-state index contributed by atoms with van der Waals surface area (Å²) in [6.45, 7) is 5.89. The predicted molar refractivity (Wildman–Crippen MR) is 58.3 cm³/mol. The molecule has 1 saturated heterocycles. The van der Waals surface area contributed by atoms with Gasteiger partial charge in [0.05, 0.1) is 6.04 Å². The zero-order valence-corrected chi connectivity index (χ0v) is 9.56. The van der Waals surface area contributed by atoms with Crippen LogP contribution in [0.2, 0.25) is 0 Å². The summed E-state index contributed by atoms with van der Waals surface area (Å²) in [6.07, 6.45) is 4.71. The van der Waals surface area contributed by atoms with Gasteiger partial charge in [-0.2, -0.15) is 11.8 Å². The second-order valence-electron chi connectivity index (χ2n) is 3.78. The maximum Gasteiger partial charge on any atom is 0.146 e. The minimum Gasteiger partial charge on any atom is -0.298 e. The Hall–Kier alpha value is -0.0200.